The first-order chi connectivity index (χ1) is 17.3. The number of hydrogen-bond acceptors (Lipinski definition) is 6. The highest BCUT2D eigenvalue weighted by molar-refractivity contribution is 7.91. The van der Waals surface area contributed by atoms with Crippen molar-refractivity contribution in [3.8, 4) is 16.9 Å². The first kappa shape index (κ1) is 27.6. The van der Waals surface area contributed by atoms with Crippen LogP contribution in [0.15, 0.2) is 42.5 Å². The Hall–Kier alpha value is -2.46. The second-order valence-corrected chi connectivity index (χ2v) is 13.4. The molecule has 8 nitrogen and oxygen atoms in total. The molecule has 0 aromatic heterocycles. The number of piperidine rings is 1. The number of ether oxygens (including phenoxy) is 2. The molecule has 2 fully saturated rings. The molecule has 2 aliphatic heterocycles. The summed E-state index contributed by atoms with van der Waals surface area (Å²) in [5.41, 5.74) is 2.24. The van der Waals surface area contributed by atoms with Crippen LogP contribution in [0.3, 0.4) is 0 Å². The summed E-state index contributed by atoms with van der Waals surface area (Å²) < 4.78 is 37.4. The number of carbonyl (C=O) groups is 1. The van der Waals surface area contributed by atoms with Gasteiger partial charge in [0.2, 0.25) is 10.0 Å². The fourth-order valence-corrected chi connectivity index (χ4v) is 7.33. The van der Waals surface area contributed by atoms with E-state index in [0.29, 0.717) is 0 Å². The first-order valence-corrected chi connectivity index (χ1v) is 14.2. The maximum Gasteiger partial charge on any atom is 0.326 e. The van der Waals surface area contributed by atoms with Crippen LogP contribution in [-0.2, 0) is 25.2 Å². The van der Waals surface area contributed by atoms with Crippen LogP contribution in [0.25, 0.3) is 11.1 Å². The summed E-state index contributed by atoms with van der Waals surface area (Å²) in [6.07, 6.45) is 0.223. The summed E-state index contributed by atoms with van der Waals surface area (Å²) in [4.78, 5) is 12.1. The van der Waals surface area contributed by atoms with Gasteiger partial charge in [0.05, 0.1) is 5.60 Å². The normalized spacial score (nSPS) is 20.4. The smallest absolute Gasteiger partial charge is 0.326 e. The first-order valence-electron chi connectivity index (χ1n) is 12.7. The molecule has 0 atom stereocenters. The van der Waals surface area contributed by atoms with E-state index in [1.165, 1.54) is 4.31 Å². The molecule has 2 aliphatic rings. The van der Waals surface area contributed by atoms with Crippen LogP contribution in [-0.4, -0.2) is 65.6 Å². The van der Waals surface area contributed by atoms with E-state index in [9.17, 15) is 23.4 Å². The molecule has 2 aromatic carbocycles. The van der Waals surface area contributed by atoms with Crippen LogP contribution in [0, 0.1) is 6.92 Å². The van der Waals surface area contributed by atoms with Crippen molar-refractivity contribution in [1.29, 1.82) is 0 Å². The number of nitrogens with zero attached hydrogens (tertiary/aromatic N) is 1. The third kappa shape index (κ3) is 5.41. The Labute approximate surface area is 219 Å². The largest absolute Gasteiger partial charge is 0.488 e. The molecule has 0 aliphatic carbocycles. The molecule has 9 heteroatoms. The van der Waals surface area contributed by atoms with Crippen molar-refractivity contribution in [3.05, 3.63) is 53.6 Å². The number of hydrogen-bond donors (Lipinski definition) is 2. The summed E-state index contributed by atoms with van der Waals surface area (Å²) in [5.74, 6) is -0.552. The number of carboxylic acids is 1. The number of aryl methyl sites for hydroxylation is 1. The second-order valence-electron chi connectivity index (χ2n) is 11.1. The number of carboxylic acid groups (broad SMARTS) is 1. The highest BCUT2D eigenvalue weighted by Crippen LogP contribution is 2.40. The third-order valence-corrected chi connectivity index (χ3v) is 10.0. The molecule has 202 valence electrons. The van der Waals surface area contributed by atoms with Crippen molar-refractivity contribution in [2.75, 3.05) is 26.3 Å². The molecule has 0 radical (unpaired) electrons. The number of aliphatic hydroxyl groups is 1. The van der Waals surface area contributed by atoms with Gasteiger partial charge in [-0.15, -0.1) is 0 Å². The van der Waals surface area contributed by atoms with Gasteiger partial charge in [0.15, 0.2) is 4.75 Å². The molecule has 0 saturated carbocycles. The quantitative estimate of drug-likeness (QED) is 0.577. The van der Waals surface area contributed by atoms with E-state index in [-0.39, 0.29) is 57.6 Å². The summed E-state index contributed by atoms with van der Waals surface area (Å²) in [6.45, 7) is 8.30. The van der Waals surface area contributed by atoms with Gasteiger partial charge in [-0.3, -0.25) is 4.79 Å². The highest BCUT2D eigenvalue weighted by Gasteiger charge is 2.55. The summed E-state index contributed by atoms with van der Waals surface area (Å²) in [5, 5.41) is 21.3. The van der Waals surface area contributed by atoms with Crippen LogP contribution < -0.4 is 4.74 Å². The predicted octanol–water partition coefficient (Wildman–Crippen LogP) is 4.09. The van der Waals surface area contributed by atoms with Crippen LogP contribution in [0.4, 0.5) is 0 Å². The van der Waals surface area contributed by atoms with Gasteiger partial charge in [-0.1, -0.05) is 30.3 Å². The highest BCUT2D eigenvalue weighted by atomic mass is 32.2. The topological polar surface area (TPSA) is 113 Å². The maximum absolute atomic E-state index is 13.4. The molecule has 2 heterocycles. The van der Waals surface area contributed by atoms with Gasteiger partial charge in [-0.2, -0.15) is 0 Å². The fourth-order valence-electron chi connectivity index (χ4n) is 5.27. The van der Waals surface area contributed by atoms with Crippen LogP contribution in [0.5, 0.6) is 5.75 Å². The van der Waals surface area contributed by atoms with Gasteiger partial charge in [0.1, 0.15) is 11.4 Å². The molecule has 2 aromatic rings. The minimum absolute atomic E-state index is 0.0572. The monoisotopic (exact) mass is 531 g/mol. The number of aliphatic carboxylic acids is 1. The van der Waals surface area contributed by atoms with E-state index in [1.807, 2.05) is 70.2 Å². The lowest BCUT2D eigenvalue weighted by atomic mass is 9.83. The average molecular weight is 532 g/mol. The Bertz CT molecular complexity index is 1250. The minimum atomic E-state index is -4.12. The molecule has 0 amide bonds. The van der Waals surface area contributed by atoms with E-state index in [0.717, 1.165) is 28.0 Å². The molecule has 0 bridgehead atoms. The Kier molecular flexibility index (Phi) is 7.47. The third-order valence-electron chi connectivity index (χ3n) is 7.41. The van der Waals surface area contributed by atoms with Gasteiger partial charge < -0.3 is 19.7 Å². The summed E-state index contributed by atoms with van der Waals surface area (Å²) in [6, 6.07) is 13.7. The number of rotatable bonds is 6. The van der Waals surface area contributed by atoms with Crippen molar-refractivity contribution in [1.82, 2.24) is 4.31 Å². The predicted molar refractivity (Wildman–Crippen MR) is 141 cm³/mol. The lowest BCUT2D eigenvalue weighted by molar-refractivity contribution is -0.143. The summed E-state index contributed by atoms with van der Waals surface area (Å²) >= 11 is 0. The summed E-state index contributed by atoms with van der Waals surface area (Å²) in [7, 11) is -4.12. The standard InChI is InChI=1S/C28H37NO7S/c1-20-18-22(8-9-24(20)21-6-5-7-23(19-21)36-26(2,3)4)27(32)10-14-29(15-11-27)37(33,34)28(25(30)31)12-16-35-17-13-28/h5-9,18-19,32H,10-17H2,1-4H3,(H,30,31). The van der Waals surface area contributed by atoms with Gasteiger partial charge in [0, 0.05) is 39.1 Å². The molecule has 0 spiro atoms. The van der Waals surface area contributed by atoms with E-state index in [2.05, 4.69) is 0 Å². The van der Waals surface area contributed by atoms with E-state index < -0.39 is 26.3 Å². The number of sulfonamides is 1. The Morgan fingerprint density at radius 3 is 2.24 bits per heavy atom. The van der Waals surface area contributed by atoms with Gasteiger partial charge in [0.25, 0.3) is 0 Å². The average Bonchev–Trinajstić information content (AvgIpc) is 2.83. The zero-order chi connectivity index (χ0) is 27.1. The van der Waals surface area contributed by atoms with Gasteiger partial charge >= 0.3 is 5.97 Å². The maximum atomic E-state index is 13.4. The SMILES string of the molecule is Cc1cc(C2(O)CCN(S(=O)(=O)C3(C(=O)O)CCOCC3)CC2)ccc1-c1cccc(OC(C)(C)C)c1. The lowest BCUT2D eigenvalue weighted by Gasteiger charge is -2.42. The van der Waals surface area contributed by atoms with Crippen LogP contribution in [0.1, 0.15) is 57.6 Å². The molecular formula is C28H37NO7S. The van der Waals surface area contributed by atoms with E-state index >= 15 is 0 Å². The van der Waals surface area contributed by atoms with Crippen molar-refractivity contribution < 1.29 is 32.9 Å². The van der Waals surface area contributed by atoms with Gasteiger partial charge in [-0.05, 0) is 74.9 Å². The van der Waals surface area contributed by atoms with Crippen molar-refractivity contribution in [3.63, 3.8) is 0 Å². The zero-order valence-corrected chi connectivity index (χ0v) is 22.8. The molecular weight excluding hydrogens is 494 g/mol. The molecule has 37 heavy (non-hydrogen) atoms. The Morgan fingerprint density at radius 1 is 1.03 bits per heavy atom. The molecule has 2 saturated heterocycles. The van der Waals surface area contributed by atoms with Crippen LogP contribution >= 0.6 is 0 Å². The lowest BCUT2D eigenvalue weighted by Crippen LogP contribution is -2.58. The van der Waals surface area contributed by atoms with Crippen molar-refractivity contribution in [2.45, 2.75) is 69.3 Å². The Morgan fingerprint density at radius 2 is 1.68 bits per heavy atom. The Balaban J connectivity index is 1.52. The van der Waals surface area contributed by atoms with E-state index in [1.54, 1.807) is 0 Å². The number of benzene rings is 2. The minimum Gasteiger partial charge on any atom is -0.488 e. The second kappa shape index (κ2) is 10.0. The van der Waals surface area contributed by atoms with Crippen molar-refractivity contribution >= 4 is 16.0 Å². The van der Waals surface area contributed by atoms with E-state index in [4.69, 9.17) is 9.47 Å². The molecule has 0 unspecified atom stereocenters. The molecule has 2 N–H and O–H groups in total. The van der Waals surface area contributed by atoms with Crippen LogP contribution in [0.2, 0.25) is 0 Å². The van der Waals surface area contributed by atoms with Gasteiger partial charge in [-0.25, -0.2) is 12.7 Å². The molecule has 4 rings (SSSR count). The fraction of sp³-hybridized carbons (Fsp3) is 0.536. The van der Waals surface area contributed by atoms with Crippen molar-refractivity contribution in [2.24, 2.45) is 0 Å². The zero-order valence-electron chi connectivity index (χ0n) is 22.0.